The third-order valence-corrected chi connectivity index (χ3v) is 20.7. The smallest absolute Gasteiger partial charge is 0.280 e. The van der Waals surface area contributed by atoms with E-state index in [-0.39, 0.29) is 74.3 Å². The number of nitro groups is 2. The van der Waals surface area contributed by atoms with Crippen LogP contribution in [0.2, 0.25) is 0 Å². The van der Waals surface area contributed by atoms with Crippen molar-refractivity contribution >= 4 is 112 Å². The van der Waals surface area contributed by atoms with E-state index in [0.29, 0.717) is 125 Å². The number of carbonyl (C=O) groups is 4. The van der Waals surface area contributed by atoms with Gasteiger partial charge in [0.15, 0.2) is 115 Å². The Bertz CT molecular complexity index is 6550. The van der Waals surface area contributed by atoms with Crippen molar-refractivity contribution in [1.29, 1.82) is 0 Å². The monoisotopic (exact) mass is 1970 g/mol. The number of nitro benzene ring substituents is 2. The number of rotatable bonds is 42. The predicted molar refractivity (Wildman–Crippen MR) is 545 cm³/mol. The Balaban J connectivity index is 0.000000214. The van der Waals surface area contributed by atoms with Crippen LogP contribution in [0, 0.1) is 43.5 Å². The number of benzene rings is 12. The minimum atomic E-state index is -0.629. The number of non-ortho nitro benzene ring substituents is 1. The molecule has 0 bridgehead atoms. The van der Waals surface area contributed by atoms with E-state index in [9.17, 15) is 62.1 Å². The third-order valence-electron chi connectivity index (χ3n) is 20.7. The van der Waals surface area contributed by atoms with Gasteiger partial charge in [0.05, 0.1) is 152 Å². The van der Waals surface area contributed by atoms with Crippen LogP contribution in [0.1, 0.15) is 85.9 Å². The zero-order valence-electron chi connectivity index (χ0n) is 80.9. The molecule has 0 aliphatic heterocycles. The van der Waals surface area contributed by atoms with Crippen molar-refractivity contribution in [2.45, 2.75) is 0 Å². The highest BCUT2D eigenvalue weighted by Crippen LogP contribution is 2.45. The number of allylic oxidation sites excluding steroid dienone is 4. The van der Waals surface area contributed by atoms with Crippen LogP contribution in [-0.2, 0) is 0 Å². The molecule has 36 heteroatoms. The Morgan fingerprint density at radius 3 is 0.736 bits per heavy atom. The minimum Gasteiger partial charge on any atom is -0.508 e. The molecule has 0 saturated carbocycles. The first-order valence-electron chi connectivity index (χ1n) is 42.9. The maximum absolute atomic E-state index is 14.7. The van der Waals surface area contributed by atoms with Crippen molar-refractivity contribution in [2.75, 3.05) is 141 Å². The maximum atomic E-state index is 14.7. The van der Waals surface area contributed by atoms with Crippen molar-refractivity contribution in [2.24, 2.45) is 0 Å². The number of hydrogen-bond donors (Lipinski definition) is 6. The zero-order valence-corrected chi connectivity index (χ0v) is 80.9. The van der Waals surface area contributed by atoms with Gasteiger partial charge in [-0.25, -0.2) is 17.6 Å². The molecule has 0 radical (unpaired) electrons. The standard InChI is InChI=1S/2C27H25FN2O7.C27H27FN2O5.C27H26FNO6/c1-34-24-15-18(16-25(35-2)27(24)37-4)6-5-17-13-21(28)26(36-3)22(14-17)29-12-11-23(31)19-7-9-20(10-8-19)30(32)33;1-34-24-15-18(16-25(35-2)27(24)37-4)10-9-17-13-20(28)26(36-3)21(14-17)29-12-11-23(31)19-7-5-6-8-22(19)30(32)33;1-32-24-15-18(16-25(33-2)27(24)35-4)6-5-17-13-21(28)26(34-3)22(14-17)30-12-11-23(31)19-7-9-20(29)10-8-19;1-32-24-15-18(16-25(33-2)27(24)35-4)6-5-17-13-21(28)26(34-3)22(14-17)29-12-11-23(31)19-7-9-20(30)10-8-19/h2*5-16,29H,1-4H3;5-16,30H,29H2,1-4H3;5-16,29-30H,1-4H3/b6-5-,12-11-;10-9-,12-11-;2*6-5-,12-11-. The normalized spacial score (nSPS) is 11.0. The molecule has 748 valence electrons. The fraction of sp³-hybridized carbons (Fsp3) is 0.148. The van der Waals surface area contributed by atoms with Crippen molar-refractivity contribution in [3.8, 4) is 97.7 Å². The quantitative estimate of drug-likeness (QED) is 0.00393. The minimum absolute atomic E-state index is 0.0108. The van der Waals surface area contributed by atoms with Crippen LogP contribution in [0.25, 0.3) is 48.6 Å². The molecular formula is C108H103F4N7O25. The van der Waals surface area contributed by atoms with Gasteiger partial charge in [0.2, 0.25) is 23.0 Å². The average Bonchev–Trinajstić information content (AvgIpc) is 0.834. The highest BCUT2D eigenvalue weighted by atomic mass is 19.1. The van der Waals surface area contributed by atoms with Crippen LogP contribution in [0.3, 0.4) is 0 Å². The SMILES string of the molecule is COc1cc(/C=C\c2cc(F)c(OC)c(N/C=C\C(=O)c3ccc(N)cc3)c2)cc(OC)c1OC.COc1cc(/C=C\c2cc(F)c(OC)c(N/C=C\C(=O)c3ccc(O)cc3)c2)cc(OC)c1OC.COc1cc(/C=C\c2cc(F)c(OC)c(N/C=C\C(=O)c3ccc([N+](=O)[O-])cc3)c2)cc(OC)c1OC.COc1cc(/C=C\c2cc(F)c(OC)c(N/C=C\C(=O)c3ccccc3[N+](=O)[O-])c2)cc(OC)c1OC. The van der Waals surface area contributed by atoms with E-state index in [0.717, 1.165) is 28.3 Å². The summed E-state index contributed by atoms with van der Waals surface area (Å²) in [5.74, 6) is 1.94. The highest BCUT2D eigenvalue weighted by Gasteiger charge is 2.23. The average molecular weight is 1980 g/mol. The lowest BCUT2D eigenvalue weighted by atomic mass is 10.1. The Labute approximate surface area is 826 Å². The highest BCUT2D eigenvalue weighted by molar-refractivity contribution is 6.08. The summed E-state index contributed by atoms with van der Waals surface area (Å²) in [6.45, 7) is 0. The van der Waals surface area contributed by atoms with Gasteiger partial charge in [-0.05, 0) is 208 Å². The lowest BCUT2D eigenvalue weighted by molar-refractivity contribution is -0.385. The van der Waals surface area contributed by atoms with E-state index in [1.165, 1.54) is 254 Å². The number of nitrogens with one attached hydrogen (secondary N) is 4. The molecule has 12 aromatic carbocycles. The van der Waals surface area contributed by atoms with Gasteiger partial charge < -0.3 is 108 Å². The van der Waals surface area contributed by atoms with E-state index in [2.05, 4.69) is 21.3 Å². The Morgan fingerprint density at radius 2 is 0.507 bits per heavy atom. The fourth-order valence-corrected chi connectivity index (χ4v) is 13.7. The molecule has 0 unspecified atom stereocenters. The molecule has 12 aromatic rings. The van der Waals surface area contributed by atoms with Crippen molar-refractivity contribution in [3.05, 3.63) is 353 Å². The van der Waals surface area contributed by atoms with Gasteiger partial charge in [-0.15, -0.1) is 0 Å². The van der Waals surface area contributed by atoms with Crippen LogP contribution in [0.4, 0.5) is 57.4 Å². The molecule has 0 aliphatic carbocycles. The Morgan fingerprint density at radius 1 is 0.285 bits per heavy atom. The largest absolute Gasteiger partial charge is 0.508 e. The summed E-state index contributed by atoms with van der Waals surface area (Å²) in [7, 11) is 23.6. The first-order valence-corrected chi connectivity index (χ1v) is 42.9. The molecule has 144 heavy (non-hydrogen) atoms. The van der Waals surface area contributed by atoms with E-state index >= 15 is 0 Å². The van der Waals surface area contributed by atoms with Crippen LogP contribution in [0.5, 0.6) is 97.7 Å². The molecule has 12 rings (SSSR count). The number of para-hydroxylation sites is 1. The molecule has 0 spiro atoms. The van der Waals surface area contributed by atoms with Gasteiger partial charge >= 0.3 is 0 Å². The predicted octanol–water partition coefficient (Wildman–Crippen LogP) is 22.5. The molecule has 0 fully saturated rings. The van der Waals surface area contributed by atoms with Gasteiger partial charge in [-0.3, -0.25) is 39.4 Å². The summed E-state index contributed by atoms with van der Waals surface area (Å²) in [5.41, 5.74) is 13.2. The van der Waals surface area contributed by atoms with Crippen molar-refractivity contribution in [3.63, 3.8) is 0 Å². The molecule has 0 amide bonds. The molecular weight excluding hydrogens is 1870 g/mol. The van der Waals surface area contributed by atoms with E-state index in [1.807, 2.05) is 0 Å². The Hall–Kier alpha value is -18.6. The zero-order chi connectivity index (χ0) is 105. The number of anilines is 5. The first kappa shape index (κ1) is 109. The summed E-state index contributed by atoms with van der Waals surface area (Å²) in [4.78, 5) is 70.2. The summed E-state index contributed by atoms with van der Waals surface area (Å²) in [6.07, 6.45) is 24.3. The molecule has 0 saturated heterocycles. The third kappa shape index (κ3) is 29.5. The topological polar surface area (TPSA) is 397 Å². The number of ketones is 4. The Kier molecular flexibility index (Phi) is 40.8. The summed E-state index contributed by atoms with van der Waals surface area (Å²) in [5, 5.41) is 42.8. The number of nitrogens with two attached hydrogens (primary N) is 1. The number of nitrogens with zero attached hydrogens (tertiary/aromatic N) is 2. The number of halogens is 4. The number of hydrogen-bond acceptors (Lipinski definition) is 30. The van der Waals surface area contributed by atoms with Gasteiger partial charge in [0, 0.05) is 89.7 Å². The number of phenolic OH excluding ortho intramolecular Hbond substituents is 1. The van der Waals surface area contributed by atoms with Gasteiger partial charge in [0.1, 0.15) is 5.75 Å². The lowest BCUT2D eigenvalue weighted by Gasteiger charge is -2.13. The number of phenols is 1. The second-order valence-electron chi connectivity index (χ2n) is 29.6. The number of aromatic hydroxyl groups is 1. The van der Waals surface area contributed by atoms with Crippen molar-refractivity contribution in [1.82, 2.24) is 0 Å². The molecule has 0 atom stereocenters. The summed E-state index contributed by atoms with van der Waals surface area (Å²) >= 11 is 0. The maximum Gasteiger partial charge on any atom is 0.280 e. The van der Waals surface area contributed by atoms with Crippen LogP contribution < -0.4 is 103 Å². The summed E-state index contributed by atoms with van der Waals surface area (Å²) < 4.78 is 144. The molecule has 0 aromatic heterocycles. The number of nitrogen functional groups attached to an aromatic ring is 1. The molecule has 0 aliphatic rings. The van der Waals surface area contributed by atoms with Crippen LogP contribution in [-0.4, -0.2) is 152 Å². The van der Waals surface area contributed by atoms with E-state index < -0.39 is 38.9 Å². The molecule has 0 heterocycles. The molecule has 7 N–H and O–H groups in total. The fourth-order valence-electron chi connectivity index (χ4n) is 13.7. The second-order valence-corrected chi connectivity index (χ2v) is 29.6. The van der Waals surface area contributed by atoms with E-state index in [1.54, 1.807) is 146 Å². The first-order chi connectivity index (χ1) is 69.4. The van der Waals surface area contributed by atoms with Crippen LogP contribution >= 0.6 is 0 Å². The number of ether oxygens (including phenoxy) is 16. The van der Waals surface area contributed by atoms with Gasteiger partial charge in [-0.1, -0.05) is 60.7 Å². The molecule has 32 nitrogen and oxygen atoms in total. The van der Waals surface area contributed by atoms with Crippen LogP contribution in [0.15, 0.2) is 243 Å². The van der Waals surface area contributed by atoms with E-state index in [4.69, 9.17) is 81.5 Å². The van der Waals surface area contributed by atoms with Crippen molar-refractivity contribution < 1.29 is 127 Å². The summed E-state index contributed by atoms with van der Waals surface area (Å²) in [6, 6.07) is 49.3. The van der Waals surface area contributed by atoms with Gasteiger partial charge in [-0.2, -0.15) is 0 Å². The lowest BCUT2D eigenvalue weighted by Crippen LogP contribution is -2.02. The number of carbonyl (C=O) groups excluding carboxylic acids is 4. The second kappa shape index (κ2) is 53.9. The van der Waals surface area contributed by atoms with Gasteiger partial charge in [0.25, 0.3) is 11.4 Å². The number of methoxy groups -OCH3 is 16.